The number of hydrogen-bond acceptors (Lipinski definition) is 2. The van der Waals surface area contributed by atoms with E-state index in [4.69, 9.17) is 23.2 Å². The number of halogens is 3. The fourth-order valence-electron chi connectivity index (χ4n) is 2.73. The third-order valence-electron chi connectivity index (χ3n) is 4.25. The van der Waals surface area contributed by atoms with Gasteiger partial charge in [-0.2, -0.15) is 0 Å². The van der Waals surface area contributed by atoms with Crippen LogP contribution in [0, 0.1) is 5.82 Å². The highest BCUT2D eigenvalue weighted by Gasteiger charge is 2.15. The molecule has 1 atom stereocenters. The molecule has 2 amide bonds. The van der Waals surface area contributed by atoms with Crippen LogP contribution in [-0.4, -0.2) is 15.6 Å². The molecular formula is C20H19Cl2FN4O. The number of imidazole rings is 1. The number of benzene rings is 2. The lowest BCUT2D eigenvalue weighted by Crippen LogP contribution is -2.36. The first kappa shape index (κ1) is 20.2. The van der Waals surface area contributed by atoms with Crippen LogP contribution in [0.4, 0.5) is 9.18 Å². The number of rotatable bonds is 6. The molecule has 146 valence electrons. The molecule has 2 aromatic carbocycles. The standard InChI is InChI=1S/C20H19Cl2FN4O/c1-13(16-8-19(23)18(22)9-17(16)21)26-20(28)25-10-14-2-4-15(5-3-14)11-27-7-6-24-12-27/h2-9,12-13H,10-11H2,1H3,(H2,25,26,28). The number of carbonyl (C=O) groups is 1. The summed E-state index contributed by atoms with van der Waals surface area (Å²) in [4.78, 5) is 16.2. The van der Waals surface area contributed by atoms with Gasteiger partial charge in [-0.25, -0.2) is 14.2 Å². The summed E-state index contributed by atoms with van der Waals surface area (Å²) in [5, 5.41) is 5.77. The summed E-state index contributed by atoms with van der Waals surface area (Å²) in [6.07, 6.45) is 5.41. The third-order valence-corrected chi connectivity index (χ3v) is 4.87. The topological polar surface area (TPSA) is 59.0 Å². The molecule has 2 N–H and O–H groups in total. The Morgan fingerprint density at radius 2 is 1.89 bits per heavy atom. The van der Waals surface area contributed by atoms with Crippen LogP contribution in [0.15, 0.2) is 55.1 Å². The summed E-state index contributed by atoms with van der Waals surface area (Å²) in [6.45, 7) is 2.83. The van der Waals surface area contributed by atoms with Gasteiger partial charge in [0.1, 0.15) is 5.82 Å². The Morgan fingerprint density at radius 1 is 1.18 bits per heavy atom. The minimum atomic E-state index is -0.578. The maximum absolute atomic E-state index is 13.7. The van der Waals surface area contributed by atoms with Crippen molar-refractivity contribution >= 4 is 29.2 Å². The second-order valence-corrected chi connectivity index (χ2v) is 7.20. The van der Waals surface area contributed by atoms with Crippen molar-refractivity contribution in [2.45, 2.75) is 26.1 Å². The number of amides is 2. The lowest BCUT2D eigenvalue weighted by atomic mass is 10.1. The molecule has 1 unspecified atom stereocenters. The Balaban J connectivity index is 1.52. The number of nitrogens with one attached hydrogen (secondary N) is 2. The third kappa shape index (κ3) is 5.24. The average Bonchev–Trinajstić information content (AvgIpc) is 3.17. The molecule has 1 aromatic heterocycles. The number of carbonyl (C=O) groups excluding carboxylic acids is 1. The molecule has 0 spiro atoms. The van der Waals surface area contributed by atoms with Gasteiger partial charge in [-0.3, -0.25) is 0 Å². The van der Waals surface area contributed by atoms with E-state index in [1.165, 1.54) is 12.1 Å². The summed E-state index contributed by atoms with van der Waals surface area (Å²) in [5.41, 5.74) is 2.56. The first-order chi connectivity index (χ1) is 13.4. The molecule has 0 fully saturated rings. The average molecular weight is 421 g/mol. The predicted molar refractivity (Wildman–Crippen MR) is 108 cm³/mol. The van der Waals surface area contributed by atoms with E-state index in [1.54, 1.807) is 19.4 Å². The van der Waals surface area contributed by atoms with Crippen molar-refractivity contribution in [3.63, 3.8) is 0 Å². The van der Waals surface area contributed by atoms with Crippen molar-refractivity contribution in [3.8, 4) is 0 Å². The van der Waals surface area contributed by atoms with Crippen LogP contribution in [0.5, 0.6) is 0 Å². The van der Waals surface area contributed by atoms with Gasteiger partial charge in [0, 0.05) is 30.5 Å². The quantitative estimate of drug-likeness (QED) is 0.554. The largest absolute Gasteiger partial charge is 0.334 e. The van der Waals surface area contributed by atoms with Crippen molar-refractivity contribution in [1.29, 1.82) is 0 Å². The van der Waals surface area contributed by atoms with Gasteiger partial charge >= 0.3 is 6.03 Å². The summed E-state index contributed by atoms with van der Waals surface area (Å²) in [7, 11) is 0. The highest BCUT2D eigenvalue weighted by Crippen LogP contribution is 2.28. The lowest BCUT2D eigenvalue weighted by molar-refractivity contribution is 0.237. The van der Waals surface area contributed by atoms with E-state index in [1.807, 2.05) is 35.0 Å². The van der Waals surface area contributed by atoms with Gasteiger partial charge in [0.2, 0.25) is 0 Å². The monoisotopic (exact) mass is 420 g/mol. The number of urea groups is 1. The zero-order chi connectivity index (χ0) is 20.1. The van der Waals surface area contributed by atoms with E-state index >= 15 is 0 Å². The number of hydrogen-bond donors (Lipinski definition) is 2. The number of aromatic nitrogens is 2. The highest BCUT2D eigenvalue weighted by molar-refractivity contribution is 6.35. The van der Waals surface area contributed by atoms with Crippen molar-refractivity contribution in [1.82, 2.24) is 20.2 Å². The van der Waals surface area contributed by atoms with Crippen molar-refractivity contribution < 1.29 is 9.18 Å². The van der Waals surface area contributed by atoms with Gasteiger partial charge < -0.3 is 15.2 Å². The SMILES string of the molecule is CC(NC(=O)NCc1ccc(Cn2ccnc2)cc1)c1cc(F)c(Cl)cc1Cl. The molecule has 0 saturated heterocycles. The molecule has 3 aromatic rings. The Bertz CT molecular complexity index is 946. The minimum Gasteiger partial charge on any atom is -0.334 e. The Kier molecular flexibility index (Phi) is 6.54. The van der Waals surface area contributed by atoms with Crippen LogP contribution in [-0.2, 0) is 13.1 Å². The molecule has 0 saturated carbocycles. The first-order valence-electron chi connectivity index (χ1n) is 8.64. The molecule has 0 aliphatic carbocycles. The molecule has 28 heavy (non-hydrogen) atoms. The summed E-state index contributed by atoms with van der Waals surface area (Å²) < 4.78 is 15.6. The van der Waals surface area contributed by atoms with Gasteiger partial charge in [-0.1, -0.05) is 47.5 Å². The van der Waals surface area contributed by atoms with Crippen LogP contribution < -0.4 is 10.6 Å². The van der Waals surface area contributed by atoms with E-state index in [9.17, 15) is 9.18 Å². The molecule has 3 rings (SSSR count). The lowest BCUT2D eigenvalue weighted by Gasteiger charge is -2.17. The maximum Gasteiger partial charge on any atom is 0.315 e. The zero-order valence-corrected chi connectivity index (χ0v) is 16.6. The van der Waals surface area contributed by atoms with Crippen LogP contribution in [0.2, 0.25) is 10.0 Å². The fraction of sp³-hybridized carbons (Fsp3) is 0.200. The second kappa shape index (κ2) is 9.08. The molecule has 0 bridgehead atoms. The summed E-state index contributed by atoms with van der Waals surface area (Å²) in [5.74, 6) is -0.578. The molecule has 8 heteroatoms. The fourth-order valence-corrected chi connectivity index (χ4v) is 3.28. The Labute approximate surface area is 172 Å². The molecule has 0 radical (unpaired) electrons. The van der Waals surface area contributed by atoms with Crippen LogP contribution in [0.1, 0.15) is 29.7 Å². The highest BCUT2D eigenvalue weighted by atomic mass is 35.5. The van der Waals surface area contributed by atoms with E-state index in [2.05, 4.69) is 15.6 Å². The Hall–Kier alpha value is -2.57. The first-order valence-corrected chi connectivity index (χ1v) is 9.40. The normalized spacial score (nSPS) is 11.9. The zero-order valence-electron chi connectivity index (χ0n) is 15.1. The van der Waals surface area contributed by atoms with Crippen LogP contribution in [0.25, 0.3) is 0 Å². The smallest absolute Gasteiger partial charge is 0.315 e. The Morgan fingerprint density at radius 3 is 2.57 bits per heavy atom. The van der Waals surface area contributed by atoms with Crippen LogP contribution in [0.3, 0.4) is 0 Å². The van der Waals surface area contributed by atoms with Crippen LogP contribution >= 0.6 is 23.2 Å². The predicted octanol–water partition coefficient (Wildman–Crippen LogP) is 4.94. The molecule has 0 aliphatic rings. The molecule has 1 heterocycles. The molecule has 0 aliphatic heterocycles. The van der Waals surface area contributed by atoms with Crippen molar-refractivity contribution in [2.75, 3.05) is 0 Å². The molecule has 5 nitrogen and oxygen atoms in total. The van der Waals surface area contributed by atoms with Gasteiger partial charge in [0.15, 0.2) is 0 Å². The van der Waals surface area contributed by atoms with E-state index < -0.39 is 11.9 Å². The summed E-state index contributed by atoms with van der Waals surface area (Å²) in [6, 6.07) is 9.65. The van der Waals surface area contributed by atoms with Gasteiger partial charge in [-0.05, 0) is 35.7 Å². The number of nitrogens with zero attached hydrogens (tertiary/aromatic N) is 2. The second-order valence-electron chi connectivity index (χ2n) is 6.39. The van der Waals surface area contributed by atoms with Gasteiger partial charge in [0.25, 0.3) is 0 Å². The maximum atomic E-state index is 13.7. The summed E-state index contributed by atoms with van der Waals surface area (Å²) >= 11 is 11.8. The van der Waals surface area contributed by atoms with Gasteiger partial charge in [0.05, 0.1) is 17.4 Å². The van der Waals surface area contributed by atoms with Gasteiger partial charge in [-0.15, -0.1) is 0 Å². The van der Waals surface area contributed by atoms with E-state index in [-0.39, 0.29) is 11.1 Å². The minimum absolute atomic E-state index is 0.0538. The van der Waals surface area contributed by atoms with E-state index in [0.717, 1.165) is 17.7 Å². The van der Waals surface area contributed by atoms with Crippen molar-refractivity contribution in [2.24, 2.45) is 0 Å². The molecular weight excluding hydrogens is 402 g/mol. The van der Waals surface area contributed by atoms with E-state index in [0.29, 0.717) is 17.1 Å². The van der Waals surface area contributed by atoms with Crippen molar-refractivity contribution in [3.05, 3.63) is 87.7 Å².